The lowest BCUT2D eigenvalue weighted by molar-refractivity contribution is 0.0696. The molecule has 2 aromatic heterocycles. The number of rotatable bonds is 4. The average molecular weight is 237 g/mol. The van der Waals surface area contributed by atoms with Crippen molar-refractivity contribution in [1.82, 2.24) is 15.1 Å². The number of hydrogen-bond acceptors (Lipinski definition) is 6. The molecule has 16 heavy (non-hydrogen) atoms. The van der Waals surface area contributed by atoms with Gasteiger partial charge in [0.25, 0.3) is 0 Å². The van der Waals surface area contributed by atoms with E-state index < -0.39 is 5.97 Å². The first-order valence-corrected chi connectivity index (χ1v) is 5.31. The normalized spacial score (nSPS) is 10.2. The topological polar surface area (TPSA) is 89.1 Å². The smallest absolute Gasteiger partial charge is 0.335 e. The summed E-state index contributed by atoms with van der Waals surface area (Å²) in [5, 5.41) is 13.0. The van der Waals surface area contributed by atoms with Gasteiger partial charge in [-0.15, -0.1) is 0 Å². The number of carboxylic acid groups (broad SMARTS) is 1. The van der Waals surface area contributed by atoms with Crippen LogP contribution < -0.4 is 0 Å². The fourth-order valence-corrected chi connectivity index (χ4v) is 1.77. The maximum absolute atomic E-state index is 10.7. The Morgan fingerprint density at radius 2 is 2.38 bits per heavy atom. The monoisotopic (exact) mass is 237 g/mol. The third-order valence-electron chi connectivity index (χ3n) is 1.74. The van der Waals surface area contributed by atoms with Gasteiger partial charge < -0.3 is 9.63 Å². The standard InChI is InChI=1S/C9H7N3O3S/c13-9(14)6-1-2-10-8(3-6)16-4-7-11-5-15-12-7/h1-3,5H,4H2,(H,13,14). The van der Waals surface area contributed by atoms with Gasteiger partial charge in [0, 0.05) is 6.20 Å². The van der Waals surface area contributed by atoms with Crippen molar-refractivity contribution in [2.24, 2.45) is 0 Å². The summed E-state index contributed by atoms with van der Waals surface area (Å²) in [5.74, 6) is 0.0726. The Kier molecular flexibility index (Phi) is 3.16. The van der Waals surface area contributed by atoms with Gasteiger partial charge in [-0.2, -0.15) is 4.98 Å². The third kappa shape index (κ3) is 2.57. The summed E-state index contributed by atoms with van der Waals surface area (Å²) in [4.78, 5) is 18.6. The van der Waals surface area contributed by atoms with Crippen molar-refractivity contribution in [3.8, 4) is 0 Å². The van der Waals surface area contributed by atoms with Gasteiger partial charge in [-0.25, -0.2) is 9.78 Å². The highest BCUT2D eigenvalue weighted by atomic mass is 32.2. The molecule has 0 bridgehead atoms. The van der Waals surface area contributed by atoms with E-state index in [0.29, 0.717) is 16.6 Å². The van der Waals surface area contributed by atoms with Crippen LogP contribution in [0.1, 0.15) is 16.2 Å². The lowest BCUT2D eigenvalue weighted by Crippen LogP contribution is -1.96. The number of nitrogens with zero attached hydrogens (tertiary/aromatic N) is 3. The molecule has 0 aliphatic rings. The van der Waals surface area contributed by atoms with Crippen LogP contribution >= 0.6 is 11.8 Å². The summed E-state index contributed by atoms with van der Waals surface area (Å²) in [6.45, 7) is 0. The van der Waals surface area contributed by atoms with Crippen molar-refractivity contribution >= 4 is 17.7 Å². The molecule has 0 aliphatic heterocycles. The summed E-state index contributed by atoms with van der Waals surface area (Å²) in [7, 11) is 0. The lowest BCUT2D eigenvalue weighted by Gasteiger charge is -1.98. The number of carboxylic acids is 1. The molecule has 1 N–H and O–H groups in total. The van der Waals surface area contributed by atoms with E-state index >= 15 is 0 Å². The van der Waals surface area contributed by atoms with E-state index in [-0.39, 0.29) is 5.56 Å². The van der Waals surface area contributed by atoms with E-state index in [9.17, 15) is 4.79 Å². The summed E-state index contributed by atoms with van der Waals surface area (Å²) in [6.07, 6.45) is 2.71. The Balaban J connectivity index is 2.04. The molecule has 2 heterocycles. The molecule has 2 aromatic rings. The zero-order valence-corrected chi connectivity index (χ0v) is 8.85. The minimum absolute atomic E-state index is 0.214. The number of thioether (sulfide) groups is 1. The molecule has 0 aromatic carbocycles. The summed E-state index contributed by atoms with van der Waals surface area (Å²) >= 11 is 1.35. The first-order chi connectivity index (χ1) is 7.75. The largest absolute Gasteiger partial charge is 0.478 e. The second-order valence-electron chi connectivity index (χ2n) is 2.82. The average Bonchev–Trinajstić information content (AvgIpc) is 2.79. The zero-order valence-electron chi connectivity index (χ0n) is 8.03. The van der Waals surface area contributed by atoms with E-state index in [1.165, 1.54) is 36.5 Å². The minimum Gasteiger partial charge on any atom is -0.478 e. The van der Waals surface area contributed by atoms with E-state index in [1.54, 1.807) is 0 Å². The van der Waals surface area contributed by atoms with Gasteiger partial charge in [-0.1, -0.05) is 16.9 Å². The van der Waals surface area contributed by atoms with Gasteiger partial charge in [-0.3, -0.25) is 0 Å². The third-order valence-corrected chi connectivity index (χ3v) is 2.66. The molecule has 6 nitrogen and oxygen atoms in total. The maximum atomic E-state index is 10.7. The number of carbonyl (C=O) groups is 1. The predicted molar refractivity (Wildman–Crippen MR) is 55.1 cm³/mol. The molecule has 0 unspecified atom stereocenters. The number of hydrogen-bond donors (Lipinski definition) is 1. The Hall–Kier alpha value is -1.89. The molecule has 0 atom stereocenters. The maximum Gasteiger partial charge on any atom is 0.335 e. The number of pyridine rings is 1. The van der Waals surface area contributed by atoms with Crippen LogP contribution in [0.5, 0.6) is 0 Å². The number of aromatic carboxylic acids is 1. The van der Waals surface area contributed by atoms with Crippen LogP contribution in [0.25, 0.3) is 0 Å². The lowest BCUT2D eigenvalue weighted by atomic mass is 10.3. The molecular formula is C9H7N3O3S. The summed E-state index contributed by atoms with van der Waals surface area (Å²) in [5.41, 5.74) is 0.214. The Morgan fingerprint density at radius 3 is 3.06 bits per heavy atom. The van der Waals surface area contributed by atoms with E-state index in [2.05, 4.69) is 19.6 Å². The van der Waals surface area contributed by atoms with Gasteiger partial charge in [0.1, 0.15) is 0 Å². The van der Waals surface area contributed by atoms with Crippen molar-refractivity contribution < 1.29 is 14.4 Å². The SMILES string of the molecule is O=C(O)c1ccnc(SCc2ncon2)c1. The Morgan fingerprint density at radius 1 is 1.50 bits per heavy atom. The molecule has 0 fully saturated rings. The molecule has 0 aliphatic carbocycles. The van der Waals surface area contributed by atoms with Crippen LogP contribution in [-0.4, -0.2) is 26.2 Å². The highest BCUT2D eigenvalue weighted by Crippen LogP contribution is 2.19. The van der Waals surface area contributed by atoms with Gasteiger partial charge in [0.2, 0.25) is 6.39 Å². The molecule has 7 heteroatoms. The Bertz CT molecular complexity index is 487. The van der Waals surface area contributed by atoms with Crippen LogP contribution in [-0.2, 0) is 5.75 Å². The first-order valence-electron chi connectivity index (χ1n) is 4.33. The molecule has 0 radical (unpaired) electrons. The van der Waals surface area contributed by atoms with Crippen molar-refractivity contribution in [1.29, 1.82) is 0 Å². The van der Waals surface area contributed by atoms with Gasteiger partial charge in [0.15, 0.2) is 5.82 Å². The molecule has 0 spiro atoms. The minimum atomic E-state index is -0.969. The molecule has 82 valence electrons. The van der Waals surface area contributed by atoms with E-state index in [1.807, 2.05) is 0 Å². The zero-order chi connectivity index (χ0) is 11.4. The van der Waals surface area contributed by atoms with Crippen LogP contribution in [0.4, 0.5) is 0 Å². The number of aromatic nitrogens is 3. The summed E-state index contributed by atoms with van der Waals surface area (Å²) < 4.78 is 4.58. The summed E-state index contributed by atoms with van der Waals surface area (Å²) in [6, 6.07) is 2.95. The van der Waals surface area contributed by atoms with Gasteiger partial charge in [0.05, 0.1) is 16.3 Å². The van der Waals surface area contributed by atoms with Crippen LogP contribution in [0.2, 0.25) is 0 Å². The molecular weight excluding hydrogens is 230 g/mol. The van der Waals surface area contributed by atoms with Gasteiger partial charge >= 0.3 is 5.97 Å². The fourth-order valence-electron chi connectivity index (χ4n) is 1.02. The highest BCUT2D eigenvalue weighted by Gasteiger charge is 2.06. The van der Waals surface area contributed by atoms with E-state index in [4.69, 9.17) is 5.11 Å². The first kappa shape index (κ1) is 10.6. The Labute approximate surface area is 94.7 Å². The molecule has 0 saturated carbocycles. The van der Waals surface area contributed by atoms with Crippen molar-refractivity contribution in [2.75, 3.05) is 0 Å². The van der Waals surface area contributed by atoms with Crippen LogP contribution in [0.3, 0.4) is 0 Å². The quantitative estimate of drug-likeness (QED) is 0.805. The second kappa shape index (κ2) is 4.75. The second-order valence-corrected chi connectivity index (χ2v) is 3.82. The van der Waals surface area contributed by atoms with E-state index in [0.717, 1.165) is 0 Å². The molecule has 0 saturated heterocycles. The molecule has 2 rings (SSSR count). The fraction of sp³-hybridized carbons (Fsp3) is 0.111. The van der Waals surface area contributed by atoms with Crippen molar-refractivity contribution in [3.05, 3.63) is 36.1 Å². The van der Waals surface area contributed by atoms with Gasteiger partial charge in [-0.05, 0) is 12.1 Å². The van der Waals surface area contributed by atoms with Crippen LogP contribution in [0, 0.1) is 0 Å². The predicted octanol–water partition coefficient (Wildman–Crippen LogP) is 1.46. The van der Waals surface area contributed by atoms with Crippen LogP contribution in [0.15, 0.2) is 34.3 Å². The highest BCUT2D eigenvalue weighted by molar-refractivity contribution is 7.98. The van der Waals surface area contributed by atoms with Crippen molar-refractivity contribution in [3.63, 3.8) is 0 Å². The van der Waals surface area contributed by atoms with Crippen molar-refractivity contribution in [2.45, 2.75) is 10.8 Å². The molecule has 0 amide bonds.